The van der Waals surface area contributed by atoms with Gasteiger partial charge >= 0.3 is 0 Å². The summed E-state index contributed by atoms with van der Waals surface area (Å²) in [6, 6.07) is 8.17. The van der Waals surface area contributed by atoms with Crippen molar-refractivity contribution in [1.82, 2.24) is 15.0 Å². The van der Waals surface area contributed by atoms with Crippen molar-refractivity contribution < 1.29 is 9.32 Å². The molecule has 2 aliphatic heterocycles. The summed E-state index contributed by atoms with van der Waals surface area (Å²) in [6.07, 6.45) is 1.90. The molecule has 0 aliphatic carbocycles. The lowest BCUT2D eigenvalue weighted by Crippen LogP contribution is -2.35. The second-order valence-electron chi connectivity index (χ2n) is 6.74. The van der Waals surface area contributed by atoms with Gasteiger partial charge in [-0.3, -0.25) is 4.79 Å². The topological polar surface area (TPSA) is 59.2 Å². The molecule has 1 aromatic heterocycles. The Labute approximate surface area is 145 Å². The van der Waals surface area contributed by atoms with E-state index in [9.17, 15) is 4.79 Å². The van der Waals surface area contributed by atoms with Gasteiger partial charge in [-0.25, -0.2) is 0 Å². The molecule has 2 atom stereocenters. The molecule has 3 heterocycles. The minimum atomic E-state index is -0.0525. The zero-order chi connectivity index (χ0) is 16.7. The zero-order valence-electron chi connectivity index (χ0n) is 13.9. The lowest BCUT2D eigenvalue weighted by atomic mass is 9.99. The maximum atomic E-state index is 13.2. The molecule has 0 bridgehead atoms. The van der Waals surface area contributed by atoms with Crippen molar-refractivity contribution in [2.75, 3.05) is 12.3 Å². The highest BCUT2D eigenvalue weighted by Crippen LogP contribution is 2.42. The quantitative estimate of drug-likeness (QED) is 0.849. The number of thioether (sulfide) groups is 1. The highest BCUT2D eigenvalue weighted by atomic mass is 32.2. The molecule has 0 N–H and O–H groups in total. The fourth-order valence-electron chi connectivity index (χ4n) is 3.48. The van der Waals surface area contributed by atoms with E-state index in [1.807, 2.05) is 30.9 Å². The van der Waals surface area contributed by atoms with Gasteiger partial charge in [0.1, 0.15) is 0 Å². The molecule has 1 aromatic carbocycles. The molecule has 1 amide bonds. The number of benzene rings is 1. The monoisotopic (exact) mass is 343 g/mol. The average Bonchev–Trinajstić information content (AvgIpc) is 3.31. The van der Waals surface area contributed by atoms with Crippen LogP contribution in [0.25, 0.3) is 0 Å². The second-order valence-corrected chi connectivity index (χ2v) is 7.80. The molecule has 0 saturated carbocycles. The number of aromatic nitrogens is 2. The SMILES string of the molecule is CC(C)c1nc([C@@H]2CCCN2C(=O)[C@@H]2CSc3ccccc32)no1. The van der Waals surface area contributed by atoms with Crippen LogP contribution in [-0.4, -0.2) is 33.2 Å². The highest BCUT2D eigenvalue weighted by molar-refractivity contribution is 7.99. The van der Waals surface area contributed by atoms with Crippen LogP contribution in [0.2, 0.25) is 0 Å². The molecular formula is C18H21N3O2S. The number of carbonyl (C=O) groups excluding carboxylic acids is 1. The minimum Gasteiger partial charge on any atom is -0.339 e. The summed E-state index contributed by atoms with van der Waals surface area (Å²) in [5.74, 6) is 2.48. The van der Waals surface area contributed by atoms with E-state index in [1.54, 1.807) is 11.8 Å². The summed E-state index contributed by atoms with van der Waals surface area (Å²) >= 11 is 1.77. The van der Waals surface area contributed by atoms with Gasteiger partial charge in [-0.15, -0.1) is 11.8 Å². The fourth-order valence-corrected chi connectivity index (χ4v) is 4.70. The molecule has 1 saturated heterocycles. The molecule has 1 fully saturated rings. The van der Waals surface area contributed by atoms with Crippen molar-refractivity contribution in [2.24, 2.45) is 0 Å². The number of rotatable bonds is 3. The predicted octanol–water partition coefficient (Wildman–Crippen LogP) is 3.75. The molecule has 24 heavy (non-hydrogen) atoms. The van der Waals surface area contributed by atoms with E-state index in [4.69, 9.17) is 4.52 Å². The smallest absolute Gasteiger partial charge is 0.231 e. The number of nitrogens with zero attached hydrogens (tertiary/aromatic N) is 3. The largest absolute Gasteiger partial charge is 0.339 e. The molecule has 126 valence electrons. The molecule has 6 heteroatoms. The van der Waals surface area contributed by atoms with Crippen molar-refractivity contribution in [1.29, 1.82) is 0 Å². The summed E-state index contributed by atoms with van der Waals surface area (Å²) < 4.78 is 5.35. The van der Waals surface area contributed by atoms with Gasteiger partial charge in [0.15, 0.2) is 5.82 Å². The third kappa shape index (κ3) is 2.62. The van der Waals surface area contributed by atoms with E-state index in [1.165, 1.54) is 4.90 Å². The van der Waals surface area contributed by atoms with E-state index in [-0.39, 0.29) is 23.8 Å². The second kappa shape index (κ2) is 6.24. The Kier molecular flexibility index (Phi) is 4.08. The van der Waals surface area contributed by atoms with Crippen LogP contribution in [0, 0.1) is 0 Å². The zero-order valence-corrected chi connectivity index (χ0v) is 14.8. The molecule has 0 unspecified atom stereocenters. The van der Waals surface area contributed by atoms with E-state index >= 15 is 0 Å². The van der Waals surface area contributed by atoms with Crippen molar-refractivity contribution >= 4 is 17.7 Å². The van der Waals surface area contributed by atoms with Crippen molar-refractivity contribution in [3.05, 3.63) is 41.5 Å². The molecule has 2 aliphatic rings. The number of carbonyl (C=O) groups is 1. The van der Waals surface area contributed by atoms with Crippen LogP contribution < -0.4 is 0 Å². The summed E-state index contributed by atoms with van der Waals surface area (Å²) in [4.78, 5) is 20.9. The van der Waals surface area contributed by atoms with Crippen LogP contribution in [0.3, 0.4) is 0 Å². The van der Waals surface area contributed by atoms with Gasteiger partial charge in [-0.2, -0.15) is 4.98 Å². The molecule has 5 nitrogen and oxygen atoms in total. The van der Waals surface area contributed by atoms with Crippen molar-refractivity contribution in [3.8, 4) is 0 Å². The predicted molar refractivity (Wildman–Crippen MR) is 92.0 cm³/mol. The van der Waals surface area contributed by atoms with Crippen LogP contribution >= 0.6 is 11.8 Å². The number of likely N-dealkylation sites (tertiary alicyclic amines) is 1. The summed E-state index contributed by atoms with van der Waals surface area (Å²) in [6.45, 7) is 4.83. The molecule has 4 rings (SSSR count). The first-order chi connectivity index (χ1) is 11.6. The number of hydrogen-bond donors (Lipinski definition) is 0. The van der Waals surface area contributed by atoms with Gasteiger partial charge in [-0.1, -0.05) is 37.2 Å². The summed E-state index contributed by atoms with van der Waals surface area (Å²) in [5.41, 5.74) is 1.16. The van der Waals surface area contributed by atoms with Gasteiger partial charge in [0.05, 0.1) is 12.0 Å². The molecule has 2 aromatic rings. The Morgan fingerprint density at radius 2 is 2.21 bits per heavy atom. The van der Waals surface area contributed by atoms with E-state index in [0.29, 0.717) is 11.7 Å². The maximum absolute atomic E-state index is 13.2. The van der Waals surface area contributed by atoms with Crippen LogP contribution in [0.15, 0.2) is 33.7 Å². The Hall–Kier alpha value is -1.82. The fraction of sp³-hybridized carbons (Fsp3) is 0.500. The third-order valence-electron chi connectivity index (χ3n) is 4.78. The van der Waals surface area contributed by atoms with Crippen molar-refractivity contribution in [3.63, 3.8) is 0 Å². The van der Waals surface area contributed by atoms with Crippen molar-refractivity contribution in [2.45, 2.75) is 49.5 Å². The van der Waals surface area contributed by atoms with Crippen LogP contribution in [-0.2, 0) is 4.79 Å². The standard InChI is InChI=1S/C18H21N3O2S/c1-11(2)17-19-16(20-23-17)14-7-5-9-21(14)18(22)13-10-24-15-8-4-3-6-12(13)15/h3-4,6,8,11,13-14H,5,7,9-10H2,1-2H3/t13-,14+/m1/s1. The Bertz CT molecular complexity index is 758. The Morgan fingerprint density at radius 3 is 3.00 bits per heavy atom. The van der Waals surface area contributed by atoms with Gasteiger partial charge in [0, 0.05) is 23.1 Å². The molecular weight excluding hydrogens is 322 g/mol. The average molecular weight is 343 g/mol. The maximum Gasteiger partial charge on any atom is 0.231 e. The first-order valence-corrected chi connectivity index (χ1v) is 9.49. The van der Waals surface area contributed by atoms with Gasteiger partial charge in [-0.05, 0) is 24.5 Å². The normalized spacial score (nSPS) is 23.0. The minimum absolute atomic E-state index is 0.0495. The Morgan fingerprint density at radius 1 is 1.38 bits per heavy atom. The van der Waals surface area contributed by atoms with Crippen LogP contribution in [0.4, 0.5) is 0 Å². The lowest BCUT2D eigenvalue weighted by Gasteiger charge is -2.25. The van der Waals surface area contributed by atoms with Gasteiger partial charge in [0.25, 0.3) is 0 Å². The number of amides is 1. The van der Waals surface area contributed by atoms with E-state index < -0.39 is 0 Å². The number of fused-ring (bicyclic) bond motifs is 1. The first kappa shape index (κ1) is 15.7. The summed E-state index contributed by atoms with van der Waals surface area (Å²) in [7, 11) is 0. The molecule has 0 spiro atoms. The lowest BCUT2D eigenvalue weighted by molar-refractivity contribution is -0.133. The van der Waals surface area contributed by atoms with Gasteiger partial charge < -0.3 is 9.42 Å². The van der Waals surface area contributed by atoms with Crippen LogP contribution in [0.1, 0.15) is 61.8 Å². The van der Waals surface area contributed by atoms with Crippen LogP contribution in [0.5, 0.6) is 0 Å². The Balaban J connectivity index is 1.57. The van der Waals surface area contributed by atoms with Gasteiger partial charge in [0.2, 0.25) is 11.8 Å². The first-order valence-electron chi connectivity index (χ1n) is 8.51. The van der Waals surface area contributed by atoms with E-state index in [2.05, 4.69) is 22.3 Å². The molecule has 0 radical (unpaired) electrons. The highest BCUT2D eigenvalue weighted by Gasteiger charge is 2.39. The number of hydrogen-bond acceptors (Lipinski definition) is 5. The summed E-state index contributed by atoms with van der Waals surface area (Å²) in [5, 5.41) is 4.14. The van der Waals surface area contributed by atoms with E-state index in [0.717, 1.165) is 30.7 Å². The third-order valence-corrected chi connectivity index (χ3v) is 5.97.